The van der Waals surface area contributed by atoms with E-state index in [9.17, 15) is 9.59 Å². The first-order valence-corrected chi connectivity index (χ1v) is 9.40. The number of anilines is 1. The van der Waals surface area contributed by atoms with Crippen molar-refractivity contribution in [3.8, 4) is 22.6 Å². The van der Waals surface area contributed by atoms with Gasteiger partial charge in [-0.05, 0) is 30.7 Å². The average Bonchev–Trinajstić information content (AvgIpc) is 3.01. The molecular weight excluding hydrogens is 362 g/mol. The number of hydrogen-bond acceptors (Lipinski definition) is 2. The predicted octanol–water partition coefficient (Wildman–Crippen LogP) is 4.56. The van der Waals surface area contributed by atoms with Gasteiger partial charge in [0.1, 0.15) is 11.4 Å². The summed E-state index contributed by atoms with van der Waals surface area (Å²) in [5.41, 5.74) is 3.99. The van der Waals surface area contributed by atoms with Crippen LogP contribution in [-0.4, -0.2) is 15.3 Å². The minimum Gasteiger partial charge on any atom is -0.320 e. The van der Waals surface area contributed by atoms with Crippen molar-refractivity contribution in [3.63, 3.8) is 0 Å². The standard InChI is InChI=1S/C24H21N3O2/c1-17-11-9-10-16-21(17)27-24(29)22(25-18(2)28)23(19-12-5-3-6-13-19)26(27)20-14-7-4-8-15-20/h3-16H,1-2H3,(H,25,28). The number of nitrogens with one attached hydrogen (secondary N) is 1. The van der Waals surface area contributed by atoms with Crippen molar-refractivity contribution in [2.75, 3.05) is 5.32 Å². The fraction of sp³-hybridized carbons (Fsp3) is 0.0833. The summed E-state index contributed by atoms with van der Waals surface area (Å²) >= 11 is 0. The third-order valence-corrected chi connectivity index (χ3v) is 4.75. The molecule has 5 nitrogen and oxygen atoms in total. The largest absolute Gasteiger partial charge is 0.320 e. The minimum absolute atomic E-state index is 0.260. The fourth-order valence-electron chi connectivity index (χ4n) is 3.49. The molecule has 3 aromatic carbocycles. The van der Waals surface area contributed by atoms with Crippen LogP contribution in [0.3, 0.4) is 0 Å². The Balaban J connectivity index is 2.17. The van der Waals surface area contributed by atoms with Crippen molar-refractivity contribution in [1.29, 1.82) is 0 Å². The molecule has 4 aromatic rings. The highest BCUT2D eigenvalue weighted by Crippen LogP contribution is 2.31. The van der Waals surface area contributed by atoms with E-state index in [-0.39, 0.29) is 17.2 Å². The van der Waals surface area contributed by atoms with Gasteiger partial charge < -0.3 is 5.32 Å². The zero-order valence-corrected chi connectivity index (χ0v) is 16.3. The summed E-state index contributed by atoms with van der Waals surface area (Å²) in [5.74, 6) is -0.290. The van der Waals surface area contributed by atoms with E-state index in [0.29, 0.717) is 5.69 Å². The molecule has 0 aliphatic carbocycles. The maximum Gasteiger partial charge on any atom is 0.296 e. The summed E-state index contributed by atoms with van der Waals surface area (Å²) in [6.07, 6.45) is 0. The lowest BCUT2D eigenvalue weighted by atomic mass is 10.1. The molecule has 0 radical (unpaired) electrons. The van der Waals surface area contributed by atoms with Gasteiger partial charge in [0, 0.05) is 12.5 Å². The molecule has 1 N–H and O–H groups in total. The van der Waals surface area contributed by atoms with Gasteiger partial charge in [0.2, 0.25) is 5.91 Å². The Morgan fingerprint density at radius 3 is 2.00 bits per heavy atom. The summed E-state index contributed by atoms with van der Waals surface area (Å²) in [6.45, 7) is 3.37. The zero-order chi connectivity index (χ0) is 20.4. The molecule has 29 heavy (non-hydrogen) atoms. The van der Waals surface area contributed by atoms with Gasteiger partial charge in [-0.2, -0.15) is 0 Å². The van der Waals surface area contributed by atoms with Crippen molar-refractivity contribution in [1.82, 2.24) is 9.36 Å². The Kier molecular flexibility index (Phi) is 4.87. The van der Waals surface area contributed by atoms with Crippen LogP contribution in [-0.2, 0) is 4.79 Å². The number of nitrogens with zero attached hydrogens (tertiary/aromatic N) is 2. The lowest BCUT2D eigenvalue weighted by molar-refractivity contribution is -0.114. The molecule has 1 aromatic heterocycles. The summed E-state index contributed by atoms with van der Waals surface area (Å²) in [5, 5.41) is 2.77. The quantitative estimate of drug-likeness (QED) is 0.562. The number of benzene rings is 3. The first-order chi connectivity index (χ1) is 14.1. The third kappa shape index (κ3) is 3.38. The SMILES string of the molecule is CC(=O)Nc1c(-c2ccccc2)n(-c2ccccc2)n(-c2ccccc2C)c1=O. The smallest absolute Gasteiger partial charge is 0.296 e. The number of rotatable bonds is 4. The molecule has 0 spiro atoms. The van der Waals surface area contributed by atoms with Crippen LogP contribution in [0, 0.1) is 6.92 Å². The van der Waals surface area contributed by atoms with E-state index in [1.807, 2.05) is 96.5 Å². The van der Waals surface area contributed by atoms with Crippen LogP contribution >= 0.6 is 0 Å². The van der Waals surface area contributed by atoms with Crippen molar-refractivity contribution >= 4 is 11.6 Å². The van der Waals surface area contributed by atoms with E-state index in [1.54, 1.807) is 4.68 Å². The van der Waals surface area contributed by atoms with Crippen LogP contribution < -0.4 is 10.9 Å². The van der Waals surface area contributed by atoms with E-state index < -0.39 is 0 Å². The van der Waals surface area contributed by atoms with Crippen LogP contribution in [0.4, 0.5) is 5.69 Å². The fourth-order valence-corrected chi connectivity index (χ4v) is 3.49. The molecule has 4 rings (SSSR count). The topological polar surface area (TPSA) is 56.0 Å². The summed E-state index contributed by atoms with van der Waals surface area (Å²) in [4.78, 5) is 25.5. The Hall–Kier alpha value is -3.86. The second-order valence-electron chi connectivity index (χ2n) is 6.82. The van der Waals surface area contributed by atoms with Crippen LogP contribution in [0.2, 0.25) is 0 Å². The molecule has 1 amide bonds. The molecule has 0 saturated heterocycles. The first kappa shape index (κ1) is 18.5. The monoisotopic (exact) mass is 383 g/mol. The molecule has 0 fully saturated rings. The minimum atomic E-state index is -0.290. The van der Waals surface area contributed by atoms with Gasteiger partial charge in [-0.15, -0.1) is 0 Å². The molecule has 0 unspecified atom stereocenters. The number of para-hydroxylation sites is 2. The Morgan fingerprint density at radius 2 is 1.38 bits per heavy atom. The highest BCUT2D eigenvalue weighted by molar-refractivity contribution is 5.93. The number of aryl methyl sites for hydroxylation is 1. The van der Waals surface area contributed by atoms with Gasteiger partial charge in [-0.1, -0.05) is 66.7 Å². The maximum absolute atomic E-state index is 13.6. The van der Waals surface area contributed by atoms with Gasteiger partial charge in [-0.3, -0.25) is 9.59 Å². The molecular formula is C24H21N3O2. The molecule has 5 heteroatoms. The summed E-state index contributed by atoms with van der Waals surface area (Å²) in [6, 6.07) is 27.0. The summed E-state index contributed by atoms with van der Waals surface area (Å²) < 4.78 is 3.49. The van der Waals surface area contributed by atoms with Crippen molar-refractivity contribution in [3.05, 3.63) is 101 Å². The van der Waals surface area contributed by atoms with E-state index >= 15 is 0 Å². The number of carbonyl (C=O) groups excluding carboxylic acids is 1. The molecule has 0 aliphatic rings. The van der Waals surface area contributed by atoms with Gasteiger partial charge in [0.25, 0.3) is 5.56 Å². The van der Waals surface area contributed by atoms with Crippen LogP contribution in [0.5, 0.6) is 0 Å². The highest BCUT2D eigenvalue weighted by Gasteiger charge is 2.24. The van der Waals surface area contributed by atoms with E-state index in [4.69, 9.17) is 0 Å². The Bertz CT molecular complexity index is 1220. The van der Waals surface area contributed by atoms with E-state index in [2.05, 4.69) is 5.32 Å². The van der Waals surface area contributed by atoms with Gasteiger partial charge in [0.05, 0.1) is 11.4 Å². The van der Waals surface area contributed by atoms with Gasteiger partial charge in [0.15, 0.2) is 0 Å². The van der Waals surface area contributed by atoms with E-state index in [1.165, 1.54) is 6.92 Å². The van der Waals surface area contributed by atoms with Crippen molar-refractivity contribution in [2.24, 2.45) is 0 Å². The average molecular weight is 383 g/mol. The number of amides is 1. The molecule has 0 bridgehead atoms. The molecule has 1 heterocycles. The lowest BCUT2D eigenvalue weighted by Crippen LogP contribution is -2.23. The van der Waals surface area contributed by atoms with Crippen molar-refractivity contribution < 1.29 is 4.79 Å². The van der Waals surface area contributed by atoms with Crippen LogP contribution in [0.15, 0.2) is 89.7 Å². The van der Waals surface area contributed by atoms with Crippen LogP contribution in [0.1, 0.15) is 12.5 Å². The third-order valence-electron chi connectivity index (χ3n) is 4.75. The van der Waals surface area contributed by atoms with Crippen molar-refractivity contribution in [2.45, 2.75) is 13.8 Å². The second kappa shape index (κ2) is 7.64. The lowest BCUT2D eigenvalue weighted by Gasteiger charge is -2.17. The number of hydrogen-bond donors (Lipinski definition) is 1. The zero-order valence-electron chi connectivity index (χ0n) is 16.3. The van der Waals surface area contributed by atoms with Crippen LogP contribution in [0.25, 0.3) is 22.6 Å². The van der Waals surface area contributed by atoms with Gasteiger partial charge >= 0.3 is 0 Å². The molecule has 0 saturated carbocycles. The Labute approximate surface area is 168 Å². The Morgan fingerprint density at radius 1 is 0.793 bits per heavy atom. The normalized spacial score (nSPS) is 10.7. The number of aromatic nitrogens is 2. The molecule has 0 atom stereocenters. The van der Waals surface area contributed by atoms with E-state index in [0.717, 1.165) is 22.5 Å². The van der Waals surface area contributed by atoms with Gasteiger partial charge in [-0.25, -0.2) is 9.36 Å². The number of carbonyl (C=O) groups is 1. The first-order valence-electron chi connectivity index (χ1n) is 9.40. The molecule has 144 valence electrons. The predicted molar refractivity (Wildman–Crippen MR) is 116 cm³/mol. The molecule has 0 aliphatic heterocycles. The summed E-state index contributed by atoms with van der Waals surface area (Å²) in [7, 11) is 0. The highest BCUT2D eigenvalue weighted by atomic mass is 16.2. The maximum atomic E-state index is 13.6. The second-order valence-corrected chi connectivity index (χ2v) is 6.82.